The molecule has 0 bridgehead atoms. The SMILES string of the molecule is O=C(O)c1c(NCCN2CCNC2=O)noc1-c1ccccc1. The molecule has 120 valence electrons. The van der Waals surface area contributed by atoms with Crippen LogP contribution < -0.4 is 10.6 Å². The molecule has 2 amide bonds. The van der Waals surface area contributed by atoms with Gasteiger partial charge in [-0.05, 0) is 0 Å². The molecule has 8 heteroatoms. The number of amides is 2. The average molecular weight is 316 g/mol. The van der Waals surface area contributed by atoms with Gasteiger partial charge < -0.3 is 25.2 Å². The van der Waals surface area contributed by atoms with E-state index in [9.17, 15) is 14.7 Å². The van der Waals surface area contributed by atoms with Crippen LogP contribution in [0.5, 0.6) is 0 Å². The van der Waals surface area contributed by atoms with Gasteiger partial charge in [0.1, 0.15) is 0 Å². The Labute approximate surface area is 132 Å². The van der Waals surface area contributed by atoms with E-state index in [0.29, 0.717) is 31.7 Å². The highest BCUT2D eigenvalue weighted by Crippen LogP contribution is 2.29. The molecular formula is C15H16N4O4. The molecule has 0 spiro atoms. The Morgan fingerprint density at radius 2 is 2.17 bits per heavy atom. The van der Waals surface area contributed by atoms with E-state index < -0.39 is 5.97 Å². The van der Waals surface area contributed by atoms with Crippen molar-refractivity contribution < 1.29 is 19.2 Å². The maximum atomic E-state index is 11.5. The maximum absolute atomic E-state index is 11.5. The average Bonchev–Trinajstić information content (AvgIpc) is 3.15. The topological polar surface area (TPSA) is 108 Å². The summed E-state index contributed by atoms with van der Waals surface area (Å²) in [6.45, 7) is 2.11. The molecule has 1 aliphatic heterocycles. The molecule has 0 saturated carbocycles. The van der Waals surface area contributed by atoms with E-state index in [2.05, 4.69) is 15.8 Å². The number of hydrogen-bond donors (Lipinski definition) is 3. The fraction of sp³-hybridized carbons (Fsp3) is 0.267. The minimum atomic E-state index is -1.12. The second-order valence-corrected chi connectivity index (χ2v) is 5.05. The van der Waals surface area contributed by atoms with Gasteiger partial charge in [0.25, 0.3) is 0 Å². The summed E-state index contributed by atoms with van der Waals surface area (Å²) in [5.74, 6) is -0.748. The van der Waals surface area contributed by atoms with Crippen LogP contribution in [0.25, 0.3) is 11.3 Å². The number of rotatable bonds is 6. The number of carbonyl (C=O) groups is 2. The zero-order chi connectivity index (χ0) is 16.2. The summed E-state index contributed by atoms with van der Waals surface area (Å²) < 4.78 is 5.20. The number of aromatic nitrogens is 1. The summed E-state index contributed by atoms with van der Waals surface area (Å²) in [5, 5.41) is 18.9. The fourth-order valence-electron chi connectivity index (χ4n) is 2.43. The van der Waals surface area contributed by atoms with Gasteiger partial charge in [-0.1, -0.05) is 35.5 Å². The van der Waals surface area contributed by atoms with E-state index in [-0.39, 0.29) is 23.2 Å². The van der Waals surface area contributed by atoms with Gasteiger partial charge >= 0.3 is 12.0 Å². The Morgan fingerprint density at radius 3 is 2.83 bits per heavy atom. The number of anilines is 1. The highest BCUT2D eigenvalue weighted by atomic mass is 16.5. The second-order valence-electron chi connectivity index (χ2n) is 5.05. The van der Waals surface area contributed by atoms with Crippen molar-refractivity contribution in [2.75, 3.05) is 31.5 Å². The smallest absolute Gasteiger partial charge is 0.343 e. The first-order valence-electron chi connectivity index (χ1n) is 7.22. The van der Waals surface area contributed by atoms with Crippen molar-refractivity contribution in [3.05, 3.63) is 35.9 Å². The molecular weight excluding hydrogens is 300 g/mol. The van der Waals surface area contributed by atoms with Crippen LogP contribution in [0.15, 0.2) is 34.9 Å². The van der Waals surface area contributed by atoms with Gasteiger partial charge in [0.05, 0.1) is 0 Å². The molecule has 0 unspecified atom stereocenters. The molecule has 0 aliphatic carbocycles. The zero-order valence-electron chi connectivity index (χ0n) is 12.3. The number of benzene rings is 1. The molecule has 0 atom stereocenters. The molecule has 1 aromatic heterocycles. The van der Waals surface area contributed by atoms with E-state index in [1.54, 1.807) is 29.2 Å². The number of aromatic carboxylic acids is 1. The van der Waals surface area contributed by atoms with Crippen LogP contribution in [0.4, 0.5) is 10.6 Å². The van der Waals surface area contributed by atoms with Gasteiger partial charge in [-0.2, -0.15) is 0 Å². The number of carboxylic acids is 1. The normalized spacial score (nSPS) is 13.9. The number of nitrogens with zero attached hydrogens (tertiary/aromatic N) is 2. The molecule has 8 nitrogen and oxygen atoms in total. The lowest BCUT2D eigenvalue weighted by Crippen LogP contribution is -2.32. The third-order valence-electron chi connectivity index (χ3n) is 3.56. The number of nitrogens with one attached hydrogen (secondary N) is 2. The fourth-order valence-corrected chi connectivity index (χ4v) is 2.43. The second kappa shape index (κ2) is 6.39. The van der Waals surface area contributed by atoms with Crippen molar-refractivity contribution in [1.29, 1.82) is 0 Å². The predicted molar refractivity (Wildman–Crippen MR) is 82.4 cm³/mol. The molecule has 1 saturated heterocycles. The van der Waals surface area contributed by atoms with Gasteiger partial charge in [-0.3, -0.25) is 0 Å². The number of carbonyl (C=O) groups excluding carboxylic acids is 1. The largest absolute Gasteiger partial charge is 0.477 e. The maximum Gasteiger partial charge on any atom is 0.343 e. The van der Waals surface area contributed by atoms with Crippen molar-refractivity contribution in [2.24, 2.45) is 0 Å². The molecule has 1 fully saturated rings. The zero-order valence-corrected chi connectivity index (χ0v) is 12.3. The first kappa shape index (κ1) is 14.9. The molecule has 1 aromatic carbocycles. The van der Waals surface area contributed by atoms with Crippen molar-refractivity contribution in [3.8, 4) is 11.3 Å². The third kappa shape index (κ3) is 3.10. The molecule has 2 heterocycles. The molecule has 0 radical (unpaired) electrons. The standard InChI is InChI=1S/C15H16N4O4/c20-14(21)11-12(10-4-2-1-3-5-10)23-18-13(11)16-6-8-19-9-7-17-15(19)22/h1-5H,6-9H2,(H,16,18)(H,17,22)(H,20,21). The van der Waals surface area contributed by atoms with Crippen LogP contribution in [0.1, 0.15) is 10.4 Å². The van der Waals surface area contributed by atoms with Gasteiger partial charge in [-0.25, -0.2) is 9.59 Å². The molecule has 3 rings (SSSR count). The lowest BCUT2D eigenvalue weighted by molar-refractivity contribution is 0.0698. The predicted octanol–water partition coefficient (Wildman–Crippen LogP) is 1.48. The van der Waals surface area contributed by atoms with E-state index in [4.69, 9.17) is 4.52 Å². The minimum Gasteiger partial charge on any atom is -0.477 e. The first-order chi connectivity index (χ1) is 11.2. The highest BCUT2D eigenvalue weighted by molar-refractivity contribution is 5.99. The summed E-state index contributed by atoms with van der Waals surface area (Å²) in [6.07, 6.45) is 0. The van der Waals surface area contributed by atoms with Crippen LogP contribution in [0.2, 0.25) is 0 Å². The molecule has 23 heavy (non-hydrogen) atoms. The van der Waals surface area contributed by atoms with Crippen molar-refractivity contribution >= 4 is 17.8 Å². The van der Waals surface area contributed by atoms with Gasteiger partial charge in [0.2, 0.25) is 0 Å². The van der Waals surface area contributed by atoms with Crippen LogP contribution in [0.3, 0.4) is 0 Å². The van der Waals surface area contributed by atoms with Crippen molar-refractivity contribution in [3.63, 3.8) is 0 Å². The molecule has 1 aliphatic rings. The highest BCUT2D eigenvalue weighted by Gasteiger charge is 2.24. The summed E-state index contributed by atoms with van der Waals surface area (Å²) in [7, 11) is 0. The summed E-state index contributed by atoms with van der Waals surface area (Å²) in [6, 6.07) is 8.82. The molecule has 2 aromatic rings. The lowest BCUT2D eigenvalue weighted by Gasteiger charge is -2.13. The van der Waals surface area contributed by atoms with Gasteiger partial charge in [0, 0.05) is 31.7 Å². The van der Waals surface area contributed by atoms with E-state index in [1.807, 2.05) is 6.07 Å². The third-order valence-corrected chi connectivity index (χ3v) is 3.56. The number of urea groups is 1. The van der Waals surface area contributed by atoms with Crippen LogP contribution in [-0.2, 0) is 0 Å². The first-order valence-corrected chi connectivity index (χ1v) is 7.22. The summed E-state index contributed by atoms with van der Waals surface area (Å²) >= 11 is 0. The lowest BCUT2D eigenvalue weighted by atomic mass is 10.1. The van der Waals surface area contributed by atoms with Crippen molar-refractivity contribution in [1.82, 2.24) is 15.4 Å². The van der Waals surface area contributed by atoms with Crippen LogP contribution >= 0.6 is 0 Å². The van der Waals surface area contributed by atoms with Crippen molar-refractivity contribution in [2.45, 2.75) is 0 Å². The quantitative estimate of drug-likeness (QED) is 0.745. The summed E-state index contributed by atoms with van der Waals surface area (Å²) in [4.78, 5) is 24.6. The Bertz CT molecular complexity index is 714. The number of carboxylic acid groups (broad SMARTS) is 1. The Morgan fingerprint density at radius 1 is 1.39 bits per heavy atom. The Hall–Kier alpha value is -3.03. The monoisotopic (exact) mass is 316 g/mol. The molecule has 3 N–H and O–H groups in total. The van der Waals surface area contributed by atoms with Crippen LogP contribution in [-0.4, -0.2) is 53.3 Å². The number of hydrogen-bond acceptors (Lipinski definition) is 5. The van der Waals surface area contributed by atoms with Gasteiger partial charge in [-0.15, -0.1) is 0 Å². The van der Waals surface area contributed by atoms with E-state index >= 15 is 0 Å². The van der Waals surface area contributed by atoms with E-state index in [1.165, 1.54) is 0 Å². The minimum absolute atomic E-state index is 0.0120. The van der Waals surface area contributed by atoms with Gasteiger partial charge in [0.15, 0.2) is 17.1 Å². The van der Waals surface area contributed by atoms with E-state index in [0.717, 1.165) is 0 Å². The summed E-state index contributed by atoms with van der Waals surface area (Å²) in [5.41, 5.74) is 0.631. The van der Waals surface area contributed by atoms with Crippen LogP contribution in [0, 0.1) is 0 Å². The Balaban J connectivity index is 1.73. The Kier molecular flexibility index (Phi) is 4.13.